The number of imidazole rings is 1. The third-order valence-corrected chi connectivity index (χ3v) is 7.18. The number of rotatable bonds is 9. The van der Waals surface area contributed by atoms with Crippen molar-refractivity contribution in [2.24, 2.45) is 0 Å². The normalized spacial score (nSPS) is 12.0. The summed E-state index contributed by atoms with van der Waals surface area (Å²) >= 11 is 6.09. The van der Waals surface area contributed by atoms with Gasteiger partial charge >= 0.3 is 0 Å². The Morgan fingerprint density at radius 2 is 1.71 bits per heavy atom. The first kappa shape index (κ1) is 28.2. The van der Waals surface area contributed by atoms with Gasteiger partial charge in [0.2, 0.25) is 18.6 Å². The number of hydrogen-bond acceptors (Lipinski definition) is 6. The Hall–Kier alpha value is -4.34. The van der Waals surface area contributed by atoms with E-state index in [9.17, 15) is 9.59 Å². The fourth-order valence-corrected chi connectivity index (χ4v) is 4.55. The van der Waals surface area contributed by atoms with E-state index in [0.717, 1.165) is 22.4 Å². The minimum Gasteiger partial charge on any atom is -0.454 e. The third-order valence-electron chi connectivity index (χ3n) is 6.92. The lowest BCUT2D eigenvalue weighted by atomic mass is 10.1. The molecule has 0 fully saturated rings. The second kappa shape index (κ2) is 12.0. The van der Waals surface area contributed by atoms with E-state index in [1.54, 1.807) is 30.3 Å². The Morgan fingerprint density at radius 3 is 2.44 bits per heavy atom. The molecule has 10 heteroatoms. The number of hydrogen-bond donors (Lipinski definition) is 1. The van der Waals surface area contributed by atoms with E-state index in [0.29, 0.717) is 46.8 Å². The zero-order valence-corrected chi connectivity index (χ0v) is 24.2. The number of halogens is 1. The van der Waals surface area contributed by atoms with Crippen LogP contribution in [0.3, 0.4) is 0 Å². The van der Waals surface area contributed by atoms with Crippen molar-refractivity contribution in [2.45, 2.75) is 13.8 Å². The Kier molecular flexibility index (Phi) is 8.28. The molecule has 0 aliphatic carbocycles. The molecule has 5 rings (SSSR count). The molecule has 1 aromatic heterocycles. The number of aryl methyl sites for hydroxylation is 2. The lowest BCUT2D eigenvalue weighted by molar-refractivity contribution is -0.117. The van der Waals surface area contributed by atoms with Gasteiger partial charge in [-0.3, -0.25) is 19.5 Å². The molecule has 0 unspecified atom stereocenters. The molecule has 0 saturated carbocycles. The van der Waals surface area contributed by atoms with Crippen LogP contribution < -0.4 is 14.8 Å². The first-order chi connectivity index (χ1) is 19.7. The van der Waals surface area contributed by atoms with Crippen LogP contribution in [-0.4, -0.2) is 71.7 Å². The van der Waals surface area contributed by atoms with Gasteiger partial charge in [0.1, 0.15) is 6.54 Å². The molecule has 0 bridgehead atoms. The van der Waals surface area contributed by atoms with Crippen molar-refractivity contribution in [1.29, 1.82) is 0 Å². The first-order valence-corrected chi connectivity index (χ1v) is 13.6. The molecule has 212 valence electrons. The van der Waals surface area contributed by atoms with E-state index in [2.05, 4.69) is 5.32 Å². The van der Waals surface area contributed by atoms with Gasteiger partial charge in [-0.1, -0.05) is 29.8 Å². The summed E-state index contributed by atoms with van der Waals surface area (Å²) in [5.74, 6) is 0.814. The van der Waals surface area contributed by atoms with Crippen molar-refractivity contribution in [2.75, 3.05) is 45.8 Å². The number of benzene rings is 3. The van der Waals surface area contributed by atoms with Crippen molar-refractivity contribution >= 4 is 29.4 Å². The molecular weight excluding hydrogens is 542 g/mol. The maximum atomic E-state index is 13.5. The zero-order valence-electron chi connectivity index (χ0n) is 23.5. The third kappa shape index (κ3) is 6.53. The minimum absolute atomic E-state index is 0.116. The van der Waals surface area contributed by atoms with E-state index in [4.69, 9.17) is 26.1 Å². The van der Waals surface area contributed by atoms with Crippen molar-refractivity contribution in [3.63, 3.8) is 0 Å². The number of nitrogens with one attached hydrogen (secondary N) is 1. The van der Waals surface area contributed by atoms with Crippen LogP contribution in [0, 0.1) is 13.8 Å². The van der Waals surface area contributed by atoms with Crippen molar-refractivity contribution in [3.05, 3.63) is 88.6 Å². The summed E-state index contributed by atoms with van der Waals surface area (Å²) in [5.41, 5.74) is 5.09. The minimum atomic E-state index is -0.365. The van der Waals surface area contributed by atoms with E-state index in [1.165, 1.54) is 4.90 Å². The highest BCUT2D eigenvalue weighted by molar-refractivity contribution is 6.30. The number of ether oxygens (including phenoxy) is 2. The standard InChI is InChI=1S/C31H32ClN5O4/c1-20-5-11-25(15-21(20)2)37-17-26(22-6-9-24(32)10-7-22)33-31(37)34-29(38)18-36(14-13-35(3)4)30(39)23-8-12-27-28(16-23)41-19-40-27/h5-12,15-17H,13-14,18-19H2,1-4H3,(H,33,34,38). The number of anilines is 1. The van der Waals surface area contributed by atoms with Crippen molar-refractivity contribution in [1.82, 2.24) is 19.4 Å². The average Bonchev–Trinajstić information content (AvgIpc) is 3.59. The van der Waals surface area contributed by atoms with Gasteiger partial charge in [-0.15, -0.1) is 0 Å². The predicted octanol–water partition coefficient (Wildman–Crippen LogP) is 5.18. The molecule has 2 amide bonds. The van der Waals surface area contributed by atoms with Crippen LogP contribution in [0.5, 0.6) is 11.5 Å². The molecule has 0 radical (unpaired) electrons. The number of likely N-dealkylation sites (N-methyl/N-ethyl adjacent to an activating group) is 1. The maximum Gasteiger partial charge on any atom is 0.254 e. The number of fused-ring (bicyclic) bond motifs is 1. The van der Waals surface area contributed by atoms with Crippen LogP contribution in [0.25, 0.3) is 16.9 Å². The predicted molar refractivity (Wildman–Crippen MR) is 159 cm³/mol. The monoisotopic (exact) mass is 573 g/mol. The molecule has 3 aromatic carbocycles. The van der Waals surface area contributed by atoms with Gasteiger partial charge in [-0.2, -0.15) is 0 Å². The van der Waals surface area contributed by atoms with Crippen molar-refractivity contribution < 1.29 is 19.1 Å². The molecule has 0 saturated heterocycles. The maximum absolute atomic E-state index is 13.5. The molecule has 1 aliphatic rings. The van der Waals surface area contributed by atoms with Crippen LogP contribution in [0.2, 0.25) is 5.02 Å². The van der Waals surface area contributed by atoms with Gasteiger partial charge < -0.3 is 19.3 Å². The first-order valence-electron chi connectivity index (χ1n) is 13.2. The fraction of sp³-hybridized carbons (Fsp3) is 0.258. The molecule has 2 heterocycles. The lowest BCUT2D eigenvalue weighted by Crippen LogP contribution is -2.41. The summed E-state index contributed by atoms with van der Waals surface area (Å²) in [4.78, 5) is 35.2. The lowest BCUT2D eigenvalue weighted by Gasteiger charge is -2.24. The van der Waals surface area contributed by atoms with Crippen LogP contribution in [0.15, 0.2) is 66.9 Å². The van der Waals surface area contributed by atoms with Crippen LogP contribution in [0.1, 0.15) is 21.5 Å². The van der Waals surface area contributed by atoms with Crippen molar-refractivity contribution in [3.8, 4) is 28.4 Å². The van der Waals surface area contributed by atoms with Gasteiger partial charge in [-0.05, 0) is 81.5 Å². The summed E-state index contributed by atoms with van der Waals surface area (Å²) in [6.07, 6.45) is 1.88. The number of aromatic nitrogens is 2. The highest BCUT2D eigenvalue weighted by Gasteiger charge is 2.23. The Labute approximate surface area is 244 Å². The molecule has 1 aliphatic heterocycles. The van der Waals surface area contributed by atoms with E-state index >= 15 is 0 Å². The SMILES string of the molecule is Cc1ccc(-n2cc(-c3ccc(Cl)cc3)nc2NC(=O)CN(CCN(C)C)C(=O)c2ccc3c(c2)OCO3)cc1C. The van der Waals surface area contributed by atoms with Gasteiger partial charge in [0, 0.05) is 41.1 Å². The molecule has 9 nitrogen and oxygen atoms in total. The topological polar surface area (TPSA) is 88.9 Å². The van der Waals surface area contributed by atoms with Gasteiger partial charge in [-0.25, -0.2) is 4.98 Å². The van der Waals surface area contributed by atoms with E-state index in [-0.39, 0.29) is 25.2 Å². The molecule has 4 aromatic rings. The number of nitrogens with zero attached hydrogens (tertiary/aromatic N) is 4. The Morgan fingerprint density at radius 1 is 0.951 bits per heavy atom. The van der Waals surface area contributed by atoms with Gasteiger partial charge in [0.05, 0.1) is 5.69 Å². The van der Waals surface area contributed by atoms with E-state index in [1.807, 2.05) is 73.9 Å². The molecule has 0 atom stereocenters. The zero-order chi connectivity index (χ0) is 29.1. The molecule has 41 heavy (non-hydrogen) atoms. The largest absolute Gasteiger partial charge is 0.454 e. The molecule has 0 spiro atoms. The number of carbonyl (C=O) groups excluding carboxylic acids is 2. The Balaban J connectivity index is 1.42. The number of carbonyl (C=O) groups is 2. The Bertz CT molecular complexity index is 1580. The highest BCUT2D eigenvalue weighted by Crippen LogP contribution is 2.33. The summed E-state index contributed by atoms with van der Waals surface area (Å²) in [6.45, 7) is 4.99. The fourth-order valence-electron chi connectivity index (χ4n) is 4.42. The summed E-state index contributed by atoms with van der Waals surface area (Å²) in [7, 11) is 3.84. The quantitative estimate of drug-likeness (QED) is 0.297. The van der Waals surface area contributed by atoms with Crippen LogP contribution in [-0.2, 0) is 4.79 Å². The highest BCUT2D eigenvalue weighted by atomic mass is 35.5. The second-order valence-corrected chi connectivity index (χ2v) is 10.7. The summed E-state index contributed by atoms with van der Waals surface area (Å²) < 4.78 is 12.7. The van der Waals surface area contributed by atoms with Gasteiger partial charge in [0.15, 0.2) is 11.5 Å². The van der Waals surface area contributed by atoms with Crippen LogP contribution >= 0.6 is 11.6 Å². The molecular formula is C31H32ClN5O4. The molecule has 1 N–H and O–H groups in total. The van der Waals surface area contributed by atoms with E-state index < -0.39 is 0 Å². The average molecular weight is 574 g/mol. The summed E-state index contributed by atoms with van der Waals surface area (Å²) in [6, 6.07) is 18.5. The summed E-state index contributed by atoms with van der Waals surface area (Å²) in [5, 5.41) is 3.57. The number of amides is 2. The van der Waals surface area contributed by atoms with Crippen LogP contribution in [0.4, 0.5) is 5.95 Å². The van der Waals surface area contributed by atoms with Gasteiger partial charge in [0.25, 0.3) is 5.91 Å². The second-order valence-electron chi connectivity index (χ2n) is 10.2. The smallest absolute Gasteiger partial charge is 0.254 e.